The second-order valence-electron chi connectivity index (χ2n) is 7.58. The zero-order valence-corrected chi connectivity index (χ0v) is 16.7. The van der Waals surface area contributed by atoms with Crippen LogP contribution >= 0.6 is 0 Å². The molecule has 1 saturated heterocycles. The van der Waals surface area contributed by atoms with Crippen LogP contribution in [0.5, 0.6) is 0 Å². The van der Waals surface area contributed by atoms with Crippen molar-refractivity contribution < 1.29 is 27.9 Å². The van der Waals surface area contributed by atoms with E-state index in [1.807, 2.05) is 0 Å². The first kappa shape index (κ1) is 20.8. The van der Waals surface area contributed by atoms with Crippen LogP contribution in [0.3, 0.4) is 0 Å². The van der Waals surface area contributed by atoms with Crippen LogP contribution in [0.15, 0.2) is 24.3 Å². The quantitative estimate of drug-likeness (QED) is 0.718. The van der Waals surface area contributed by atoms with Gasteiger partial charge in [-0.15, -0.1) is 0 Å². The van der Waals surface area contributed by atoms with Crippen LogP contribution in [0, 0.1) is 0 Å². The number of sulfone groups is 1. The van der Waals surface area contributed by atoms with Gasteiger partial charge in [0.1, 0.15) is 0 Å². The van der Waals surface area contributed by atoms with E-state index in [0.29, 0.717) is 17.5 Å². The maximum atomic E-state index is 12.9. The predicted octanol–water partition coefficient (Wildman–Crippen LogP) is 1.68. The molecule has 0 spiro atoms. The van der Waals surface area contributed by atoms with Gasteiger partial charge in [-0.1, -0.05) is 31.4 Å². The molecule has 7 nitrogen and oxygen atoms in total. The topological polar surface area (TPSA) is 101 Å². The van der Waals surface area contributed by atoms with E-state index in [2.05, 4.69) is 0 Å². The summed E-state index contributed by atoms with van der Waals surface area (Å²) < 4.78 is 29.0. The number of nitrogens with zero attached hydrogens (tertiary/aromatic N) is 1. The molecule has 0 bridgehead atoms. The molecule has 1 N–H and O–H groups in total. The molecular weight excluding hydrogens is 382 g/mol. The third-order valence-electron chi connectivity index (χ3n) is 5.56. The predicted molar refractivity (Wildman–Crippen MR) is 103 cm³/mol. The molecule has 0 unspecified atom stereocenters. The lowest BCUT2D eigenvalue weighted by molar-refractivity contribution is -0.140. The molecule has 1 aromatic rings. The molecular formula is C20H27NO6S. The van der Waals surface area contributed by atoms with E-state index in [-0.39, 0.29) is 36.1 Å². The lowest BCUT2D eigenvalue weighted by Crippen LogP contribution is -2.50. The molecule has 154 valence electrons. The summed E-state index contributed by atoms with van der Waals surface area (Å²) in [5.41, 5.74) is 0.983. The third-order valence-corrected chi connectivity index (χ3v) is 7.31. The number of aliphatic hydroxyl groups is 1. The monoisotopic (exact) mass is 409 g/mol. The highest BCUT2D eigenvalue weighted by Crippen LogP contribution is 2.28. The lowest BCUT2D eigenvalue weighted by Gasteiger charge is -2.38. The van der Waals surface area contributed by atoms with Crippen LogP contribution < -0.4 is 0 Å². The van der Waals surface area contributed by atoms with Crippen molar-refractivity contribution >= 4 is 21.7 Å². The Morgan fingerprint density at radius 1 is 1.04 bits per heavy atom. The molecule has 1 saturated carbocycles. The minimum Gasteiger partial charge on any atom is -0.452 e. The summed E-state index contributed by atoms with van der Waals surface area (Å²) >= 11 is 0. The molecule has 2 fully saturated rings. The normalized spacial score (nSPS) is 22.0. The first-order valence-corrected chi connectivity index (χ1v) is 11.6. The maximum absolute atomic E-state index is 12.9. The van der Waals surface area contributed by atoms with Crippen LogP contribution in [0.25, 0.3) is 0 Å². The molecule has 0 aromatic heterocycles. The largest absolute Gasteiger partial charge is 0.452 e. The second kappa shape index (κ2) is 9.05. The average molecular weight is 410 g/mol. The minimum atomic E-state index is -3.12. The summed E-state index contributed by atoms with van der Waals surface area (Å²) in [6.07, 6.45) is 5.33. The van der Waals surface area contributed by atoms with Crippen molar-refractivity contribution in [2.24, 2.45) is 0 Å². The van der Waals surface area contributed by atoms with Gasteiger partial charge in [0, 0.05) is 12.1 Å². The Labute approximate surface area is 165 Å². The lowest BCUT2D eigenvalue weighted by atomic mass is 9.93. The van der Waals surface area contributed by atoms with Crippen molar-refractivity contribution in [2.45, 2.75) is 57.2 Å². The number of benzene rings is 1. The number of carbonyl (C=O) groups excluding carboxylic acids is 2. The van der Waals surface area contributed by atoms with Crippen LogP contribution in [-0.2, 0) is 26.0 Å². The average Bonchev–Trinajstić information content (AvgIpc) is 3.06. The zero-order chi connectivity index (χ0) is 20.1. The van der Waals surface area contributed by atoms with Crippen molar-refractivity contribution in [1.29, 1.82) is 0 Å². The van der Waals surface area contributed by atoms with E-state index in [0.717, 1.165) is 32.1 Å². The molecule has 1 aliphatic carbocycles. The van der Waals surface area contributed by atoms with E-state index in [9.17, 15) is 18.0 Å². The fraction of sp³-hybridized carbons (Fsp3) is 0.600. The molecule has 1 amide bonds. The summed E-state index contributed by atoms with van der Waals surface area (Å²) in [5.74, 6) is -0.841. The third kappa shape index (κ3) is 5.11. The Balaban J connectivity index is 1.65. The van der Waals surface area contributed by atoms with E-state index >= 15 is 0 Å². The van der Waals surface area contributed by atoms with Crippen molar-refractivity contribution in [3.63, 3.8) is 0 Å². The highest BCUT2D eigenvalue weighted by atomic mass is 32.2. The summed E-state index contributed by atoms with van der Waals surface area (Å²) in [4.78, 5) is 26.8. The Bertz CT molecular complexity index is 798. The highest BCUT2D eigenvalue weighted by molar-refractivity contribution is 7.91. The van der Waals surface area contributed by atoms with Gasteiger partial charge in [0.2, 0.25) is 0 Å². The summed E-state index contributed by atoms with van der Waals surface area (Å²) in [5, 5.41) is 9.06. The SMILES string of the molecule is O=C(OCC(=O)N(C1CCCCC1)[C@H]1CCS(=O)(=O)C1)c1ccc(CO)cc1. The van der Waals surface area contributed by atoms with Gasteiger partial charge in [-0.2, -0.15) is 0 Å². The second-order valence-corrected chi connectivity index (χ2v) is 9.81. The number of rotatable bonds is 6. The first-order chi connectivity index (χ1) is 13.4. The van der Waals surface area contributed by atoms with Crippen molar-refractivity contribution in [3.8, 4) is 0 Å². The molecule has 8 heteroatoms. The number of carbonyl (C=O) groups is 2. The molecule has 2 aliphatic rings. The van der Waals surface area contributed by atoms with Gasteiger partial charge in [-0.3, -0.25) is 4.79 Å². The number of ether oxygens (including phenoxy) is 1. The number of amides is 1. The van der Waals surface area contributed by atoms with Gasteiger partial charge in [-0.05, 0) is 37.0 Å². The molecule has 1 aliphatic heterocycles. The Hall–Kier alpha value is -1.93. The molecule has 1 atom stereocenters. The van der Waals surface area contributed by atoms with Crippen LogP contribution in [-0.4, -0.2) is 60.5 Å². The number of aliphatic hydroxyl groups excluding tert-OH is 1. The number of hydrogen-bond acceptors (Lipinski definition) is 6. The fourth-order valence-electron chi connectivity index (χ4n) is 4.09. The van der Waals surface area contributed by atoms with Crippen molar-refractivity contribution in [1.82, 2.24) is 4.90 Å². The number of hydrogen-bond donors (Lipinski definition) is 1. The Morgan fingerprint density at radius 2 is 1.71 bits per heavy atom. The van der Waals surface area contributed by atoms with Crippen molar-refractivity contribution in [3.05, 3.63) is 35.4 Å². The van der Waals surface area contributed by atoms with Gasteiger partial charge in [-0.25, -0.2) is 13.2 Å². The number of esters is 1. The van der Waals surface area contributed by atoms with E-state index in [4.69, 9.17) is 9.84 Å². The van der Waals surface area contributed by atoms with E-state index < -0.39 is 22.4 Å². The molecule has 3 rings (SSSR count). The van der Waals surface area contributed by atoms with Gasteiger partial charge in [0.25, 0.3) is 5.91 Å². The smallest absolute Gasteiger partial charge is 0.338 e. The van der Waals surface area contributed by atoms with E-state index in [1.54, 1.807) is 29.2 Å². The summed E-state index contributed by atoms with van der Waals surface area (Å²) in [6, 6.07) is 6.01. The van der Waals surface area contributed by atoms with Gasteiger partial charge in [0.15, 0.2) is 16.4 Å². The fourth-order valence-corrected chi connectivity index (χ4v) is 5.80. The first-order valence-electron chi connectivity index (χ1n) is 9.78. The Morgan fingerprint density at radius 3 is 2.29 bits per heavy atom. The molecule has 0 radical (unpaired) electrons. The van der Waals surface area contributed by atoms with Crippen LogP contribution in [0.1, 0.15) is 54.4 Å². The molecule has 1 aromatic carbocycles. The van der Waals surface area contributed by atoms with Crippen LogP contribution in [0.2, 0.25) is 0 Å². The van der Waals surface area contributed by atoms with Gasteiger partial charge >= 0.3 is 5.97 Å². The van der Waals surface area contributed by atoms with E-state index in [1.165, 1.54) is 0 Å². The summed E-state index contributed by atoms with van der Waals surface area (Å²) in [7, 11) is -3.12. The van der Waals surface area contributed by atoms with Crippen LogP contribution in [0.4, 0.5) is 0 Å². The van der Waals surface area contributed by atoms with Gasteiger partial charge < -0.3 is 14.7 Å². The maximum Gasteiger partial charge on any atom is 0.338 e. The highest BCUT2D eigenvalue weighted by Gasteiger charge is 2.38. The van der Waals surface area contributed by atoms with Gasteiger partial charge in [0.05, 0.1) is 23.7 Å². The Kier molecular flexibility index (Phi) is 6.72. The standard InChI is InChI=1S/C20H27NO6S/c22-12-15-6-8-16(9-7-15)20(24)27-13-19(23)21(17-4-2-1-3-5-17)18-10-11-28(25,26)14-18/h6-9,17-18,22H,1-5,10-14H2/t18-/m0/s1. The molecule has 1 heterocycles. The van der Waals surface area contributed by atoms with Crippen molar-refractivity contribution in [2.75, 3.05) is 18.1 Å². The minimum absolute atomic E-state index is 0.00813. The summed E-state index contributed by atoms with van der Waals surface area (Å²) in [6.45, 7) is -0.512. The zero-order valence-electron chi connectivity index (χ0n) is 15.9. The molecule has 28 heavy (non-hydrogen) atoms.